The third kappa shape index (κ3) is 3.48. The summed E-state index contributed by atoms with van der Waals surface area (Å²) in [5.74, 6) is 0.273. The molecule has 1 aliphatic rings. The number of esters is 1. The normalized spacial score (nSPS) is 20.8. The highest BCUT2D eigenvalue weighted by Crippen LogP contribution is 2.26. The van der Waals surface area contributed by atoms with Crippen LogP contribution in [0.5, 0.6) is 0 Å². The van der Waals surface area contributed by atoms with E-state index < -0.39 is 12.1 Å². The van der Waals surface area contributed by atoms with E-state index >= 15 is 0 Å². The van der Waals surface area contributed by atoms with Crippen LogP contribution in [0.4, 0.5) is 0 Å². The van der Waals surface area contributed by atoms with Gasteiger partial charge in [0.15, 0.2) is 10.6 Å². The van der Waals surface area contributed by atoms with Crippen molar-refractivity contribution >= 4 is 29.8 Å². The minimum atomic E-state index is -0.579. The average molecular weight is 383 g/mol. The van der Waals surface area contributed by atoms with Crippen molar-refractivity contribution in [2.24, 2.45) is 7.05 Å². The summed E-state index contributed by atoms with van der Waals surface area (Å²) in [6.07, 6.45) is -0.241. The largest absolute Gasteiger partial charge is 0.468 e. The lowest BCUT2D eigenvalue weighted by molar-refractivity contribution is -0.146. The summed E-state index contributed by atoms with van der Waals surface area (Å²) in [5.41, 5.74) is 0.780. The van der Waals surface area contributed by atoms with E-state index in [1.54, 1.807) is 15.3 Å². The lowest BCUT2D eigenvalue weighted by atomic mass is 10.2. The molecule has 25 heavy (non-hydrogen) atoms. The zero-order valence-corrected chi connectivity index (χ0v) is 15.5. The number of benzene rings is 1. The Morgan fingerprint density at radius 3 is 2.88 bits per heavy atom. The summed E-state index contributed by atoms with van der Waals surface area (Å²) >= 11 is 11.7. The minimum Gasteiger partial charge on any atom is -0.468 e. The molecule has 3 rings (SSSR count). The predicted molar refractivity (Wildman–Crippen MR) is 95.6 cm³/mol. The molecule has 9 heteroatoms. The number of aromatic nitrogens is 3. The van der Waals surface area contributed by atoms with Crippen LogP contribution in [-0.4, -0.2) is 56.1 Å². The molecule has 2 heterocycles. The van der Waals surface area contributed by atoms with Crippen molar-refractivity contribution in [3.63, 3.8) is 0 Å². The van der Waals surface area contributed by atoms with E-state index in [1.807, 2.05) is 30.1 Å². The maximum Gasteiger partial charge on any atom is 0.323 e. The molecule has 0 spiro atoms. The minimum absolute atomic E-state index is 0.286. The van der Waals surface area contributed by atoms with Crippen molar-refractivity contribution in [2.75, 3.05) is 13.7 Å². The Hall–Kier alpha value is -1.74. The van der Waals surface area contributed by atoms with Crippen LogP contribution in [0.15, 0.2) is 24.3 Å². The Bertz CT molecular complexity index is 850. The number of halogens is 1. The Labute approximate surface area is 155 Å². The molecule has 2 aromatic rings. The van der Waals surface area contributed by atoms with Crippen LogP contribution in [0.1, 0.15) is 6.42 Å². The maximum absolute atomic E-state index is 11.9. The summed E-state index contributed by atoms with van der Waals surface area (Å²) < 4.78 is 8.73. The molecule has 0 amide bonds. The van der Waals surface area contributed by atoms with Crippen LogP contribution in [0.25, 0.3) is 11.4 Å². The van der Waals surface area contributed by atoms with Crippen LogP contribution < -0.4 is 0 Å². The lowest BCUT2D eigenvalue weighted by Gasteiger charge is -2.21. The molecule has 1 aromatic heterocycles. The summed E-state index contributed by atoms with van der Waals surface area (Å²) in [4.78, 5) is 13.7. The molecule has 0 unspecified atom stereocenters. The quantitative estimate of drug-likeness (QED) is 0.642. The highest BCUT2D eigenvalue weighted by atomic mass is 35.5. The van der Waals surface area contributed by atoms with E-state index in [9.17, 15) is 9.90 Å². The number of aliphatic hydroxyl groups excluding tert-OH is 1. The molecule has 0 aliphatic carbocycles. The molecule has 1 fully saturated rings. The van der Waals surface area contributed by atoms with Gasteiger partial charge in [0.1, 0.15) is 6.04 Å². The van der Waals surface area contributed by atoms with Crippen molar-refractivity contribution in [3.8, 4) is 11.4 Å². The van der Waals surface area contributed by atoms with E-state index in [-0.39, 0.29) is 12.6 Å². The van der Waals surface area contributed by atoms with Crippen LogP contribution in [0, 0.1) is 4.77 Å². The SMILES string of the molecule is COC(=O)[C@@H]1C[C@H](O)CN1Cn1nc(-c2ccccc2Cl)n(C)c1=S. The first kappa shape index (κ1) is 18.1. The van der Waals surface area contributed by atoms with E-state index in [0.717, 1.165) is 5.56 Å². The van der Waals surface area contributed by atoms with E-state index in [1.165, 1.54) is 7.11 Å². The summed E-state index contributed by atoms with van der Waals surface area (Å²) in [7, 11) is 3.16. The van der Waals surface area contributed by atoms with Crippen LogP contribution >= 0.6 is 23.8 Å². The molecule has 1 saturated heterocycles. The lowest BCUT2D eigenvalue weighted by Crippen LogP contribution is -2.38. The number of aliphatic hydroxyl groups is 1. The number of methoxy groups -OCH3 is 1. The number of rotatable bonds is 4. The zero-order chi connectivity index (χ0) is 18.1. The second-order valence-corrected chi connectivity index (χ2v) is 6.76. The van der Waals surface area contributed by atoms with Crippen molar-refractivity contribution in [2.45, 2.75) is 25.2 Å². The van der Waals surface area contributed by atoms with Crippen molar-refractivity contribution in [1.82, 2.24) is 19.2 Å². The first-order chi connectivity index (χ1) is 11.9. The number of carbonyl (C=O) groups is 1. The maximum atomic E-state index is 11.9. The van der Waals surface area contributed by atoms with Gasteiger partial charge in [0, 0.05) is 25.6 Å². The highest BCUT2D eigenvalue weighted by Gasteiger charge is 2.37. The second-order valence-electron chi connectivity index (χ2n) is 5.99. The highest BCUT2D eigenvalue weighted by molar-refractivity contribution is 7.71. The van der Waals surface area contributed by atoms with Gasteiger partial charge in [-0.2, -0.15) is 5.10 Å². The molecular formula is C16H19ClN4O3S. The van der Waals surface area contributed by atoms with E-state index in [0.29, 0.717) is 28.6 Å². The monoisotopic (exact) mass is 382 g/mol. The van der Waals surface area contributed by atoms with Gasteiger partial charge in [-0.1, -0.05) is 23.7 Å². The fourth-order valence-corrected chi connectivity index (χ4v) is 3.45. The molecule has 0 saturated carbocycles. The molecule has 7 nitrogen and oxygen atoms in total. The molecule has 2 atom stereocenters. The number of hydrogen-bond acceptors (Lipinski definition) is 6. The molecule has 1 aromatic carbocycles. The molecule has 1 aliphatic heterocycles. The molecule has 134 valence electrons. The zero-order valence-electron chi connectivity index (χ0n) is 13.9. The predicted octanol–water partition coefficient (Wildman–Crippen LogP) is 1.84. The smallest absolute Gasteiger partial charge is 0.323 e. The van der Waals surface area contributed by atoms with E-state index in [4.69, 9.17) is 28.6 Å². The van der Waals surface area contributed by atoms with Gasteiger partial charge in [-0.05, 0) is 24.4 Å². The van der Waals surface area contributed by atoms with Crippen LogP contribution in [0.3, 0.4) is 0 Å². The van der Waals surface area contributed by atoms with Crippen molar-refractivity contribution < 1.29 is 14.6 Å². The number of ether oxygens (including phenoxy) is 1. The van der Waals surface area contributed by atoms with Gasteiger partial charge in [-0.25, -0.2) is 4.68 Å². The first-order valence-corrected chi connectivity index (χ1v) is 8.59. The topological polar surface area (TPSA) is 72.5 Å². The van der Waals surface area contributed by atoms with Gasteiger partial charge in [0.05, 0.1) is 24.9 Å². The third-order valence-electron chi connectivity index (χ3n) is 4.33. The second kappa shape index (κ2) is 7.25. The van der Waals surface area contributed by atoms with Crippen LogP contribution in [0.2, 0.25) is 5.02 Å². The number of hydrogen-bond donors (Lipinski definition) is 1. The van der Waals surface area contributed by atoms with Gasteiger partial charge in [0.2, 0.25) is 0 Å². The third-order valence-corrected chi connectivity index (χ3v) is 5.14. The fourth-order valence-electron chi connectivity index (χ4n) is 3.05. The van der Waals surface area contributed by atoms with Gasteiger partial charge in [0.25, 0.3) is 0 Å². The molecule has 1 N–H and O–H groups in total. The molecule has 0 bridgehead atoms. The van der Waals surface area contributed by atoms with Gasteiger partial charge in [-0.15, -0.1) is 0 Å². The van der Waals surface area contributed by atoms with Crippen molar-refractivity contribution in [1.29, 1.82) is 0 Å². The summed E-state index contributed by atoms with van der Waals surface area (Å²) in [6, 6.07) is 6.90. The van der Waals surface area contributed by atoms with Crippen LogP contribution in [-0.2, 0) is 23.2 Å². The Morgan fingerprint density at radius 2 is 2.20 bits per heavy atom. The number of nitrogens with zero attached hydrogens (tertiary/aromatic N) is 4. The number of β-amino-alcohol motifs (C(OH)–C–C–N with tert-alkyl or cyclic N) is 1. The van der Waals surface area contributed by atoms with Gasteiger partial charge in [-0.3, -0.25) is 9.69 Å². The summed E-state index contributed by atoms with van der Waals surface area (Å²) in [5, 5.41) is 15.1. The average Bonchev–Trinajstić information content (AvgIpc) is 3.09. The van der Waals surface area contributed by atoms with E-state index in [2.05, 4.69) is 5.10 Å². The Morgan fingerprint density at radius 1 is 1.48 bits per heavy atom. The fraction of sp³-hybridized carbons (Fsp3) is 0.438. The Balaban J connectivity index is 1.92. The summed E-state index contributed by atoms with van der Waals surface area (Å²) in [6.45, 7) is 0.646. The number of carbonyl (C=O) groups excluding carboxylic acids is 1. The standard InChI is InChI=1S/C16H19ClN4O3S/c1-19-14(11-5-3-4-6-12(11)17)18-21(16(19)25)9-20-8-10(22)7-13(20)15(23)24-2/h3-6,10,13,22H,7-9H2,1-2H3/t10-,13-/m0/s1. The first-order valence-electron chi connectivity index (χ1n) is 7.81. The Kier molecular flexibility index (Phi) is 5.24. The van der Waals surface area contributed by atoms with Gasteiger partial charge >= 0.3 is 5.97 Å². The molecule has 0 radical (unpaired) electrons. The number of likely N-dealkylation sites (tertiary alicyclic amines) is 1. The molecular weight excluding hydrogens is 364 g/mol. The van der Waals surface area contributed by atoms with Gasteiger partial charge < -0.3 is 14.4 Å². The van der Waals surface area contributed by atoms with Crippen molar-refractivity contribution in [3.05, 3.63) is 34.1 Å².